The number of aromatic nitrogens is 2. The van der Waals surface area contributed by atoms with E-state index < -0.39 is 11.7 Å². The van der Waals surface area contributed by atoms with Crippen LogP contribution >= 0.6 is 0 Å². The van der Waals surface area contributed by atoms with Gasteiger partial charge in [-0.25, -0.2) is 14.4 Å². The highest BCUT2D eigenvalue weighted by Crippen LogP contribution is 2.38. The second-order valence-electron chi connectivity index (χ2n) is 6.24. The second kappa shape index (κ2) is 7.03. The maximum Gasteiger partial charge on any atom is 0.259 e. The average Bonchev–Trinajstić information content (AvgIpc) is 3.42. The molecule has 0 spiro atoms. The Morgan fingerprint density at radius 1 is 1.19 bits per heavy atom. The summed E-state index contributed by atoms with van der Waals surface area (Å²) in [5.41, 5.74) is 1.93. The summed E-state index contributed by atoms with van der Waals surface area (Å²) in [7, 11) is 0. The first kappa shape index (κ1) is 17.7. The molecule has 0 atom stereocenters. The lowest BCUT2D eigenvalue weighted by molar-refractivity contribution is -0.111. The van der Waals surface area contributed by atoms with Crippen LogP contribution in [0, 0.1) is 19.7 Å². The molecule has 7 heteroatoms. The topological polar surface area (TPSA) is 84.0 Å². The van der Waals surface area contributed by atoms with Crippen molar-refractivity contribution in [2.75, 3.05) is 10.6 Å². The lowest BCUT2D eigenvalue weighted by Crippen LogP contribution is -2.18. The third-order valence-corrected chi connectivity index (χ3v) is 4.13. The molecule has 6 nitrogen and oxygen atoms in total. The van der Waals surface area contributed by atoms with Crippen molar-refractivity contribution in [3.8, 4) is 0 Å². The van der Waals surface area contributed by atoms with E-state index in [0.29, 0.717) is 28.6 Å². The number of aryl methyl sites for hydroxylation is 2. The van der Waals surface area contributed by atoms with Crippen molar-refractivity contribution in [3.63, 3.8) is 0 Å². The summed E-state index contributed by atoms with van der Waals surface area (Å²) >= 11 is 0. The van der Waals surface area contributed by atoms with Crippen LogP contribution in [0.25, 0.3) is 0 Å². The Morgan fingerprint density at radius 3 is 2.42 bits per heavy atom. The zero-order valence-corrected chi connectivity index (χ0v) is 14.6. The molecule has 26 heavy (non-hydrogen) atoms. The van der Waals surface area contributed by atoms with Crippen LogP contribution in [0.3, 0.4) is 0 Å². The van der Waals surface area contributed by atoms with Crippen molar-refractivity contribution < 1.29 is 14.0 Å². The van der Waals surface area contributed by atoms with E-state index >= 15 is 0 Å². The first-order valence-electron chi connectivity index (χ1n) is 8.28. The van der Waals surface area contributed by atoms with Crippen molar-refractivity contribution >= 4 is 23.2 Å². The molecule has 0 radical (unpaired) electrons. The van der Waals surface area contributed by atoms with Gasteiger partial charge in [0, 0.05) is 11.6 Å². The average molecular weight is 354 g/mol. The predicted octanol–water partition coefficient (Wildman–Crippen LogP) is 3.49. The highest BCUT2D eigenvalue weighted by Gasteiger charge is 2.28. The molecule has 1 aromatic carbocycles. The normalized spacial score (nSPS) is 13.2. The van der Waals surface area contributed by atoms with Crippen LogP contribution in [0.5, 0.6) is 0 Å². The molecule has 0 aliphatic heterocycles. The molecule has 134 valence electrons. The molecule has 0 saturated heterocycles. The van der Waals surface area contributed by atoms with E-state index in [2.05, 4.69) is 27.2 Å². The fraction of sp³-hybridized carbons (Fsp3) is 0.263. The van der Waals surface area contributed by atoms with Crippen LogP contribution in [0.1, 0.15) is 46.3 Å². The largest absolute Gasteiger partial charge is 0.322 e. The maximum atomic E-state index is 13.8. The molecule has 1 fully saturated rings. The molecule has 3 rings (SSSR count). The molecule has 1 aromatic heterocycles. The van der Waals surface area contributed by atoms with Gasteiger partial charge >= 0.3 is 0 Å². The summed E-state index contributed by atoms with van der Waals surface area (Å²) in [6, 6.07) is 3.93. The van der Waals surface area contributed by atoms with Gasteiger partial charge in [-0.1, -0.05) is 6.58 Å². The monoisotopic (exact) mass is 354 g/mol. The quantitative estimate of drug-likeness (QED) is 0.805. The summed E-state index contributed by atoms with van der Waals surface area (Å²) in [5, 5.41) is 5.06. The van der Waals surface area contributed by atoms with Crippen molar-refractivity contribution in [2.24, 2.45) is 0 Å². The number of halogens is 1. The minimum absolute atomic E-state index is 0.0403. The summed E-state index contributed by atoms with van der Waals surface area (Å²) in [4.78, 5) is 32.9. The number of carbonyl (C=O) groups is 2. The molecular weight excluding hydrogens is 335 g/mol. The second-order valence-corrected chi connectivity index (χ2v) is 6.24. The zero-order valence-electron chi connectivity index (χ0n) is 14.6. The van der Waals surface area contributed by atoms with E-state index in [1.54, 1.807) is 13.8 Å². The minimum Gasteiger partial charge on any atom is -0.322 e. The van der Waals surface area contributed by atoms with E-state index in [4.69, 9.17) is 0 Å². The fourth-order valence-electron chi connectivity index (χ4n) is 2.67. The van der Waals surface area contributed by atoms with Gasteiger partial charge in [0.15, 0.2) is 0 Å². The highest BCUT2D eigenvalue weighted by molar-refractivity contribution is 6.06. The number of carbonyl (C=O) groups excluding carboxylic acids is 2. The van der Waals surface area contributed by atoms with Gasteiger partial charge in [-0.05, 0) is 51.0 Å². The van der Waals surface area contributed by atoms with Crippen LogP contribution < -0.4 is 10.6 Å². The number of nitrogens with one attached hydrogen (secondary N) is 2. The highest BCUT2D eigenvalue weighted by atomic mass is 19.1. The van der Waals surface area contributed by atoms with E-state index in [-0.39, 0.29) is 11.6 Å². The van der Waals surface area contributed by atoms with Crippen LogP contribution in [0.4, 0.5) is 15.8 Å². The molecule has 2 N–H and O–H groups in total. The van der Waals surface area contributed by atoms with Gasteiger partial charge in [-0.2, -0.15) is 0 Å². The Morgan fingerprint density at radius 2 is 1.85 bits per heavy atom. The van der Waals surface area contributed by atoms with Gasteiger partial charge in [0.1, 0.15) is 11.6 Å². The van der Waals surface area contributed by atoms with Crippen molar-refractivity contribution in [1.29, 1.82) is 0 Å². The third kappa shape index (κ3) is 3.77. The Hall–Kier alpha value is -3.09. The minimum atomic E-state index is -0.609. The van der Waals surface area contributed by atoms with Crippen LogP contribution in [-0.4, -0.2) is 21.8 Å². The molecule has 2 aromatic rings. The van der Waals surface area contributed by atoms with Gasteiger partial charge in [0.2, 0.25) is 5.91 Å². The smallest absolute Gasteiger partial charge is 0.259 e. The fourth-order valence-corrected chi connectivity index (χ4v) is 2.67. The van der Waals surface area contributed by atoms with E-state index in [9.17, 15) is 14.0 Å². The molecule has 2 amide bonds. The number of rotatable bonds is 5. The number of hydrogen-bond acceptors (Lipinski definition) is 4. The summed E-state index contributed by atoms with van der Waals surface area (Å²) in [6.07, 6.45) is 3.20. The summed E-state index contributed by atoms with van der Waals surface area (Å²) < 4.78 is 13.8. The molecule has 0 bridgehead atoms. The van der Waals surface area contributed by atoms with Crippen LogP contribution in [-0.2, 0) is 4.79 Å². The standard InChI is InChI=1S/C19H19FN4O2/c1-4-16(25)24-15-9-13(7-8-14(15)20)23-19(26)17-10(2)21-18(12-5-6-12)22-11(17)3/h4,7-9,12H,1,5-6H2,2-3H3,(H,23,26)(H,24,25). The molecule has 1 aliphatic carbocycles. The van der Waals surface area contributed by atoms with Crippen molar-refractivity contribution in [3.05, 3.63) is 59.4 Å². The number of anilines is 2. The van der Waals surface area contributed by atoms with E-state index in [0.717, 1.165) is 24.7 Å². The Balaban J connectivity index is 1.83. The Bertz CT molecular complexity index is 883. The lowest BCUT2D eigenvalue weighted by atomic mass is 10.1. The van der Waals surface area contributed by atoms with Crippen molar-refractivity contribution in [1.82, 2.24) is 9.97 Å². The number of benzene rings is 1. The van der Waals surface area contributed by atoms with Crippen molar-refractivity contribution in [2.45, 2.75) is 32.6 Å². The summed E-state index contributed by atoms with van der Waals surface area (Å²) in [6.45, 7) is 6.87. The van der Waals surface area contributed by atoms with E-state index in [1.807, 2.05) is 0 Å². The van der Waals surface area contributed by atoms with Gasteiger partial charge in [0.25, 0.3) is 5.91 Å². The molecule has 1 saturated carbocycles. The van der Waals surface area contributed by atoms with Crippen LogP contribution in [0.2, 0.25) is 0 Å². The molecule has 0 unspecified atom stereocenters. The van der Waals surface area contributed by atoms with E-state index in [1.165, 1.54) is 18.2 Å². The first-order chi connectivity index (χ1) is 12.4. The number of hydrogen-bond donors (Lipinski definition) is 2. The molecule has 1 heterocycles. The Kier molecular flexibility index (Phi) is 4.79. The summed E-state index contributed by atoms with van der Waals surface area (Å²) in [5.74, 6) is -0.342. The first-order valence-corrected chi connectivity index (χ1v) is 8.28. The third-order valence-electron chi connectivity index (χ3n) is 4.13. The van der Waals surface area contributed by atoms with Gasteiger partial charge in [0.05, 0.1) is 22.6 Å². The van der Waals surface area contributed by atoms with Gasteiger partial charge < -0.3 is 10.6 Å². The van der Waals surface area contributed by atoms with Crippen LogP contribution in [0.15, 0.2) is 30.9 Å². The lowest BCUT2D eigenvalue weighted by Gasteiger charge is -2.12. The van der Waals surface area contributed by atoms with Gasteiger partial charge in [-0.3, -0.25) is 9.59 Å². The molecular formula is C19H19FN4O2. The SMILES string of the molecule is C=CC(=O)Nc1cc(NC(=O)c2c(C)nc(C3CC3)nc2C)ccc1F. The molecule has 1 aliphatic rings. The zero-order chi connectivity index (χ0) is 18.8. The number of nitrogens with zero attached hydrogens (tertiary/aromatic N) is 2. The number of amides is 2. The predicted molar refractivity (Wildman–Crippen MR) is 96.7 cm³/mol. The maximum absolute atomic E-state index is 13.8. The van der Waals surface area contributed by atoms with Gasteiger partial charge in [-0.15, -0.1) is 0 Å². The Labute approximate surface area is 150 Å².